The highest BCUT2D eigenvalue weighted by molar-refractivity contribution is 5.49. The van der Waals surface area contributed by atoms with Crippen LogP contribution in [-0.2, 0) is 0 Å². The summed E-state index contributed by atoms with van der Waals surface area (Å²) in [6.45, 7) is 2.15. The average Bonchev–Trinajstić information content (AvgIpc) is 2.25. The first-order chi connectivity index (χ1) is 6.83. The van der Waals surface area contributed by atoms with Gasteiger partial charge in [0.15, 0.2) is 0 Å². The third kappa shape index (κ3) is 2.41. The van der Waals surface area contributed by atoms with E-state index in [9.17, 15) is 0 Å². The van der Waals surface area contributed by atoms with Crippen molar-refractivity contribution < 1.29 is 9.47 Å². The number of unbranched alkanes of at least 4 members (excludes halogenated alkanes) is 1. The van der Waals surface area contributed by atoms with Gasteiger partial charge in [-0.1, -0.05) is 19.4 Å². The van der Waals surface area contributed by atoms with Gasteiger partial charge >= 0.3 is 0 Å². The van der Waals surface area contributed by atoms with E-state index in [1.54, 1.807) is 14.2 Å². The Kier molecular flexibility index (Phi) is 4.30. The Bertz CT molecular complexity index is 259. The van der Waals surface area contributed by atoms with E-state index in [1.165, 1.54) is 0 Å². The fraction of sp³-hybridized carbons (Fsp3) is 0.417. The van der Waals surface area contributed by atoms with Crippen molar-refractivity contribution in [1.82, 2.24) is 0 Å². The molecule has 0 aliphatic rings. The minimum atomic E-state index is 0.873. The van der Waals surface area contributed by atoms with Gasteiger partial charge in [-0.3, -0.25) is 0 Å². The Morgan fingerprint density at radius 1 is 1.14 bits per heavy atom. The minimum Gasteiger partial charge on any atom is -0.496 e. The highest BCUT2D eigenvalue weighted by Gasteiger charge is 2.08. The maximum atomic E-state index is 5.27. The first-order valence-electron chi connectivity index (χ1n) is 4.87. The van der Waals surface area contributed by atoms with Gasteiger partial charge in [-0.25, -0.2) is 0 Å². The van der Waals surface area contributed by atoms with Crippen LogP contribution in [0, 0.1) is 6.42 Å². The number of hydrogen-bond donors (Lipinski definition) is 0. The second-order valence-corrected chi connectivity index (χ2v) is 3.07. The van der Waals surface area contributed by atoms with E-state index < -0.39 is 0 Å². The first-order valence-corrected chi connectivity index (χ1v) is 4.87. The summed E-state index contributed by atoms with van der Waals surface area (Å²) in [6, 6.07) is 5.83. The van der Waals surface area contributed by atoms with Crippen molar-refractivity contribution in [3.05, 3.63) is 30.2 Å². The van der Waals surface area contributed by atoms with Crippen LogP contribution in [0.2, 0.25) is 0 Å². The maximum absolute atomic E-state index is 5.27. The smallest absolute Gasteiger partial charge is 0.126 e. The van der Waals surface area contributed by atoms with Crippen LogP contribution in [0.5, 0.6) is 11.5 Å². The topological polar surface area (TPSA) is 18.5 Å². The van der Waals surface area contributed by atoms with Crippen molar-refractivity contribution in [1.29, 1.82) is 0 Å². The van der Waals surface area contributed by atoms with Gasteiger partial charge in [0.2, 0.25) is 0 Å². The van der Waals surface area contributed by atoms with Gasteiger partial charge in [-0.15, -0.1) is 0 Å². The molecule has 1 aromatic rings. The molecule has 0 atom stereocenters. The normalized spacial score (nSPS) is 9.93. The Balaban J connectivity index is 2.93. The van der Waals surface area contributed by atoms with Gasteiger partial charge in [0.1, 0.15) is 11.5 Å². The van der Waals surface area contributed by atoms with E-state index in [4.69, 9.17) is 9.47 Å². The SMILES string of the molecule is CCC[CH]c1c(OC)cccc1OC. The Morgan fingerprint density at radius 3 is 2.14 bits per heavy atom. The first kappa shape index (κ1) is 10.9. The fourth-order valence-electron chi connectivity index (χ4n) is 1.37. The summed E-state index contributed by atoms with van der Waals surface area (Å²) in [5.74, 6) is 1.75. The van der Waals surface area contributed by atoms with Crippen LogP contribution in [0.25, 0.3) is 0 Å². The number of benzene rings is 1. The van der Waals surface area contributed by atoms with Crippen LogP contribution < -0.4 is 9.47 Å². The van der Waals surface area contributed by atoms with Crippen molar-refractivity contribution in [3.8, 4) is 11.5 Å². The third-order valence-electron chi connectivity index (χ3n) is 2.10. The molecule has 0 bridgehead atoms. The summed E-state index contributed by atoms with van der Waals surface area (Å²) >= 11 is 0. The van der Waals surface area contributed by atoms with Crippen LogP contribution >= 0.6 is 0 Å². The Morgan fingerprint density at radius 2 is 1.71 bits per heavy atom. The second kappa shape index (κ2) is 5.53. The monoisotopic (exact) mass is 193 g/mol. The zero-order valence-electron chi connectivity index (χ0n) is 9.04. The van der Waals surface area contributed by atoms with Crippen LogP contribution in [0.15, 0.2) is 18.2 Å². The summed E-state index contributed by atoms with van der Waals surface area (Å²) in [4.78, 5) is 0. The average molecular weight is 193 g/mol. The minimum absolute atomic E-state index is 0.873. The lowest BCUT2D eigenvalue weighted by atomic mass is 10.1. The molecule has 0 N–H and O–H groups in total. The van der Waals surface area contributed by atoms with Gasteiger partial charge in [0.25, 0.3) is 0 Å². The van der Waals surface area contributed by atoms with Gasteiger partial charge in [-0.05, 0) is 25.0 Å². The lowest BCUT2D eigenvalue weighted by molar-refractivity contribution is 0.389. The molecule has 2 heteroatoms. The van der Waals surface area contributed by atoms with Crippen LogP contribution in [-0.4, -0.2) is 14.2 Å². The molecule has 1 radical (unpaired) electrons. The molecule has 2 nitrogen and oxygen atoms in total. The van der Waals surface area contributed by atoms with Gasteiger partial charge in [0, 0.05) is 5.56 Å². The van der Waals surface area contributed by atoms with Gasteiger partial charge < -0.3 is 9.47 Å². The zero-order chi connectivity index (χ0) is 10.4. The maximum Gasteiger partial charge on any atom is 0.126 e. The van der Waals surface area contributed by atoms with E-state index in [1.807, 2.05) is 18.2 Å². The van der Waals surface area contributed by atoms with Gasteiger partial charge in [-0.2, -0.15) is 0 Å². The molecule has 1 aromatic carbocycles. The summed E-state index contributed by atoms with van der Waals surface area (Å²) in [6.07, 6.45) is 4.32. The number of hydrogen-bond acceptors (Lipinski definition) is 2. The molecule has 0 aromatic heterocycles. The predicted octanol–water partition coefficient (Wildman–Crippen LogP) is 3.06. The van der Waals surface area contributed by atoms with E-state index in [0.717, 1.165) is 29.9 Å². The molecule has 0 spiro atoms. The Labute approximate surface area is 85.8 Å². The molecule has 1 rings (SSSR count). The van der Waals surface area contributed by atoms with Crippen molar-refractivity contribution >= 4 is 0 Å². The fourth-order valence-corrected chi connectivity index (χ4v) is 1.37. The standard InChI is InChI=1S/C12H17O2/c1-4-5-7-10-11(13-2)8-6-9-12(10)14-3/h6-9H,4-5H2,1-3H3. The van der Waals surface area contributed by atoms with E-state index in [-0.39, 0.29) is 0 Å². The van der Waals surface area contributed by atoms with Crippen molar-refractivity contribution in [3.63, 3.8) is 0 Å². The molecule has 0 unspecified atom stereocenters. The largest absolute Gasteiger partial charge is 0.496 e. The number of ether oxygens (including phenoxy) is 2. The predicted molar refractivity (Wildman–Crippen MR) is 57.9 cm³/mol. The molecular formula is C12H17O2. The quantitative estimate of drug-likeness (QED) is 0.715. The summed E-state index contributed by atoms with van der Waals surface area (Å²) in [7, 11) is 3.36. The number of rotatable bonds is 5. The second-order valence-electron chi connectivity index (χ2n) is 3.07. The number of methoxy groups -OCH3 is 2. The summed E-state index contributed by atoms with van der Waals surface area (Å²) in [5, 5.41) is 0. The molecule has 0 heterocycles. The van der Waals surface area contributed by atoms with E-state index in [0.29, 0.717) is 0 Å². The molecular weight excluding hydrogens is 176 g/mol. The van der Waals surface area contributed by atoms with Crippen LogP contribution in [0.4, 0.5) is 0 Å². The van der Waals surface area contributed by atoms with Crippen molar-refractivity contribution in [2.24, 2.45) is 0 Å². The van der Waals surface area contributed by atoms with Crippen LogP contribution in [0.1, 0.15) is 25.3 Å². The highest BCUT2D eigenvalue weighted by Crippen LogP contribution is 2.30. The lowest BCUT2D eigenvalue weighted by Gasteiger charge is -2.11. The molecule has 0 saturated heterocycles. The van der Waals surface area contributed by atoms with E-state index in [2.05, 4.69) is 13.3 Å². The van der Waals surface area contributed by atoms with Crippen LogP contribution in [0.3, 0.4) is 0 Å². The molecule has 77 valence electrons. The molecule has 14 heavy (non-hydrogen) atoms. The van der Waals surface area contributed by atoms with Gasteiger partial charge in [0.05, 0.1) is 14.2 Å². The summed E-state index contributed by atoms with van der Waals surface area (Å²) in [5.41, 5.74) is 1.05. The summed E-state index contributed by atoms with van der Waals surface area (Å²) < 4.78 is 10.5. The van der Waals surface area contributed by atoms with E-state index >= 15 is 0 Å². The molecule has 0 saturated carbocycles. The molecule has 0 aliphatic heterocycles. The zero-order valence-corrected chi connectivity index (χ0v) is 9.04. The molecule has 0 amide bonds. The van der Waals surface area contributed by atoms with Crippen molar-refractivity contribution in [2.45, 2.75) is 19.8 Å². The molecule has 0 aliphatic carbocycles. The lowest BCUT2D eigenvalue weighted by Crippen LogP contribution is -1.95. The third-order valence-corrected chi connectivity index (χ3v) is 2.10. The Hall–Kier alpha value is -1.18. The van der Waals surface area contributed by atoms with Crippen molar-refractivity contribution in [2.75, 3.05) is 14.2 Å². The highest BCUT2D eigenvalue weighted by atomic mass is 16.5. The molecule has 0 fully saturated rings.